The van der Waals surface area contributed by atoms with Gasteiger partial charge in [0.2, 0.25) is 5.91 Å². The third-order valence-electron chi connectivity index (χ3n) is 6.64. The van der Waals surface area contributed by atoms with Crippen molar-refractivity contribution in [2.45, 2.75) is 44.5 Å². The molecule has 3 aromatic carbocycles. The highest BCUT2D eigenvalue weighted by Crippen LogP contribution is 2.26. The Morgan fingerprint density at radius 1 is 0.816 bits per heavy atom. The van der Waals surface area contributed by atoms with E-state index in [9.17, 15) is 30.0 Å². The largest absolute Gasteiger partial charge is 0.508 e. The summed E-state index contributed by atoms with van der Waals surface area (Å²) in [7, 11) is 0. The van der Waals surface area contributed by atoms with Crippen LogP contribution in [0.2, 0.25) is 0 Å². The van der Waals surface area contributed by atoms with Crippen LogP contribution in [0.1, 0.15) is 29.5 Å². The topological polar surface area (TPSA) is 125 Å². The number of aliphatic hydroxyl groups is 2. The predicted octanol–water partition coefficient (Wildman–Crippen LogP) is 3.02. The molecule has 0 aromatic heterocycles. The zero-order chi connectivity index (χ0) is 27.1. The van der Waals surface area contributed by atoms with Crippen molar-refractivity contribution in [3.63, 3.8) is 0 Å². The van der Waals surface area contributed by atoms with Crippen molar-refractivity contribution in [2.75, 3.05) is 13.2 Å². The number of hydrogen-bond donors (Lipinski definition) is 4. The molecule has 38 heavy (non-hydrogen) atoms. The van der Waals surface area contributed by atoms with Crippen molar-refractivity contribution >= 4 is 11.9 Å². The van der Waals surface area contributed by atoms with E-state index in [0.717, 1.165) is 11.1 Å². The van der Waals surface area contributed by atoms with Crippen molar-refractivity contribution in [3.8, 4) is 11.5 Å². The number of carbonyl (C=O) groups is 2. The van der Waals surface area contributed by atoms with Crippen molar-refractivity contribution in [2.24, 2.45) is 0 Å². The Hall–Kier alpha value is -4.08. The van der Waals surface area contributed by atoms with Gasteiger partial charge < -0.3 is 25.3 Å². The second-order valence-electron chi connectivity index (χ2n) is 9.43. The van der Waals surface area contributed by atoms with Gasteiger partial charge in [-0.3, -0.25) is 4.79 Å². The van der Waals surface area contributed by atoms with Crippen molar-refractivity contribution in [3.05, 3.63) is 95.6 Å². The number of phenolic OH excluding ortho intramolecular Hbond substituents is 2. The summed E-state index contributed by atoms with van der Waals surface area (Å²) in [6.07, 6.45) is -0.433. The van der Waals surface area contributed by atoms with E-state index in [4.69, 9.17) is 0 Å². The van der Waals surface area contributed by atoms with Gasteiger partial charge in [-0.05, 0) is 53.8 Å². The van der Waals surface area contributed by atoms with Crippen LogP contribution in [0, 0.1) is 0 Å². The molecule has 3 amide bonds. The lowest BCUT2D eigenvalue weighted by molar-refractivity contribution is -0.147. The number of hydrogen-bond acceptors (Lipinski definition) is 6. The summed E-state index contributed by atoms with van der Waals surface area (Å²) < 4.78 is 0. The first-order valence-corrected chi connectivity index (χ1v) is 12.6. The molecule has 0 bridgehead atoms. The third kappa shape index (κ3) is 6.62. The Bertz CT molecular complexity index is 1200. The average Bonchev–Trinajstić information content (AvgIpc) is 3.01. The fourth-order valence-electron chi connectivity index (χ4n) is 4.61. The van der Waals surface area contributed by atoms with Gasteiger partial charge in [0.1, 0.15) is 11.5 Å². The number of amides is 3. The number of β-amino-alcohol motifs (C(OH)–C–C–N with tert-alkyl or cyclic N) is 1. The molecule has 4 rings (SSSR count). The zero-order valence-electron chi connectivity index (χ0n) is 21.1. The molecule has 200 valence electrons. The van der Waals surface area contributed by atoms with Crippen LogP contribution in [0.15, 0.2) is 78.9 Å². The molecule has 1 aliphatic rings. The number of benzene rings is 3. The van der Waals surface area contributed by atoms with E-state index in [1.54, 1.807) is 41.3 Å². The first-order chi connectivity index (χ1) is 18.4. The van der Waals surface area contributed by atoms with Crippen LogP contribution >= 0.6 is 0 Å². The maximum Gasteiger partial charge on any atom is 0.339 e. The molecule has 0 unspecified atom stereocenters. The Morgan fingerprint density at radius 3 is 1.97 bits per heavy atom. The fourth-order valence-corrected chi connectivity index (χ4v) is 4.61. The molecule has 0 aliphatic carbocycles. The molecular formula is C29H33N3O6. The minimum absolute atomic E-state index is 0.0177. The lowest BCUT2D eigenvalue weighted by Crippen LogP contribution is -2.52. The summed E-state index contributed by atoms with van der Waals surface area (Å²) in [5.74, 6) is -0.194. The van der Waals surface area contributed by atoms with Gasteiger partial charge in [0.05, 0.1) is 25.2 Å². The SMILES string of the molecule is O=C(CCCO)N1C[C@@H](O)[C@@H](Cc2ccccc2)N(Cc2ccc(O)cc2)C(=O)N1Cc1ccc(O)cc1. The average molecular weight is 520 g/mol. The maximum absolute atomic E-state index is 14.2. The molecule has 9 nitrogen and oxygen atoms in total. The molecule has 1 saturated heterocycles. The van der Waals surface area contributed by atoms with Crippen LogP contribution in [0.5, 0.6) is 11.5 Å². The van der Waals surface area contributed by atoms with Gasteiger partial charge in [0, 0.05) is 19.6 Å². The summed E-state index contributed by atoms with van der Waals surface area (Å²) in [5, 5.41) is 42.8. The molecule has 4 N–H and O–H groups in total. The van der Waals surface area contributed by atoms with Gasteiger partial charge >= 0.3 is 6.03 Å². The Balaban J connectivity index is 1.74. The molecule has 0 spiro atoms. The molecule has 9 heteroatoms. The second-order valence-corrected chi connectivity index (χ2v) is 9.43. The molecule has 2 atom stereocenters. The highest BCUT2D eigenvalue weighted by molar-refractivity contribution is 5.82. The molecule has 1 aliphatic heterocycles. The monoisotopic (exact) mass is 519 g/mol. The number of hydrazine groups is 1. The number of phenols is 2. The number of aliphatic hydroxyl groups excluding tert-OH is 2. The lowest BCUT2D eigenvalue weighted by atomic mass is 9.99. The number of carbonyl (C=O) groups excluding carboxylic acids is 2. The van der Waals surface area contributed by atoms with Crippen LogP contribution in [0.4, 0.5) is 4.79 Å². The van der Waals surface area contributed by atoms with Gasteiger partial charge in [-0.25, -0.2) is 14.8 Å². The van der Waals surface area contributed by atoms with Crippen LogP contribution in [-0.4, -0.2) is 72.6 Å². The summed E-state index contributed by atoms with van der Waals surface area (Å²) in [6, 6.07) is 21.3. The number of nitrogens with zero attached hydrogens (tertiary/aromatic N) is 3. The third-order valence-corrected chi connectivity index (χ3v) is 6.64. The summed E-state index contributed by atoms with van der Waals surface area (Å²) in [5.41, 5.74) is 2.38. The van der Waals surface area contributed by atoms with Gasteiger partial charge in [-0.15, -0.1) is 0 Å². The number of urea groups is 1. The van der Waals surface area contributed by atoms with Gasteiger partial charge in [0.25, 0.3) is 0 Å². The normalized spacial score (nSPS) is 17.9. The van der Waals surface area contributed by atoms with E-state index >= 15 is 0 Å². The van der Waals surface area contributed by atoms with E-state index in [-0.39, 0.29) is 56.5 Å². The van der Waals surface area contributed by atoms with Crippen LogP contribution in [0.3, 0.4) is 0 Å². The van der Waals surface area contributed by atoms with Gasteiger partial charge in [-0.2, -0.15) is 0 Å². The maximum atomic E-state index is 14.2. The van der Waals surface area contributed by atoms with Gasteiger partial charge in [-0.1, -0.05) is 54.6 Å². The second kappa shape index (κ2) is 12.4. The molecule has 3 aromatic rings. The Kier molecular flexibility index (Phi) is 8.83. The predicted molar refractivity (Wildman–Crippen MR) is 141 cm³/mol. The van der Waals surface area contributed by atoms with E-state index in [1.165, 1.54) is 22.2 Å². The van der Waals surface area contributed by atoms with Crippen LogP contribution < -0.4 is 0 Å². The minimum atomic E-state index is -1.06. The standard InChI is InChI=1S/C29H33N3O6/c33-16-4-7-28(37)31-20-27(36)26(17-21-5-2-1-3-6-21)30(18-22-8-12-24(34)13-9-22)29(38)32(31)19-23-10-14-25(35)15-11-23/h1-3,5-6,8-15,26-27,33-36H,4,7,16-20H2/t26-,27-/m1/s1. The molecule has 0 radical (unpaired) electrons. The van der Waals surface area contributed by atoms with Crippen molar-refractivity contribution in [1.82, 2.24) is 14.9 Å². The van der Waals surface area contributed by atoms with Crippen LogP contribution in [0.25, 0.3) is 0 Å². The number of rotatable bonds is 9. The van der Waals surface area contributed by atoms with Crippen LogP contribution in [-0.2, 0) is 24.3 Å². The van der Waals surface area contributed by atoms with Crippen molar-refractivity contribution in [1.29, 1.82) is 0 Å². The van der Waals surface area contributed by atoms with E-state index in [2.05, 4.69) is 0 Å². The Labute approximate surface area is 221 Å². The minimum Gasteiger partial charge on any atom is -0.508 e. The quantitative estimate of drug-likeness (QED) is 0.345. The van der Waals surface area contributed by atoms with E-state index in [0.29, 0.717) is 12.0 Å². The zero-order valence-corrected chi connectivity index (χ0v) is 21.1. The Morgan fingerprint density at radius 2 is 1.39 bits per heavy atom. The van der Waals surface area contributed by atoms with Crippen molar-refractivity contribution < 1.29 is 30.0 Å². The number of aromatic hydroxyl groups is 2. The smallest absolute Gasteiger partial charge is 0.339 e. The van der Waals surface area contributed by atoms with E-state index < -0.39 is 18.2 Å². The van der Waals surface area contributed by atoms with Gasteiger partial charge in [0.15, 0.2) is 0 Å². The summed E-state index contributed by atoms with van der Waals surface area (Å²) >= 11 is 0. The molecular weight excluding hydrogens is 486 g/mol. The highest BCUT2D eigenvalue weighted by Gasteiger charge is 2.41. The van der Waals surface area contributed by atoms with E-state index in [1.807, 2.05) is 30.3 Å². The first-order valence-electron chi connectivity index (χ1n) is 12.6. The lowest BCUT2D eigenvalue weighted by Gasteiger charge is -2.36. The summed E-state index contributed by atoms with van der Waals surface area (Å²) in [6.45, 7) is -0.0748. The molecule has 1 heterocycles. The fraction of sp³-hybridized carbons (Fsp3) is 0.310. The molecule has 1 fully saturated rings. The highest BCUT2D eigenvalue weighted by atomic mass is 16.3. The summed E-state index contributed by atoms with van der Waals surface area (Å²) in [4.78, 5) is 29.0. The first kappa shape index (κ1) is 27.0. The molecule has 0 saturated carbocycles.